The minimum Gasteiger partial charge on any atom is -0.423 e. The molecule has 0 bridgehead atoms. The fourth-order valence-corrected chi connectivity index (χ4v) is 4.05. The first-order chi connectivity index (χ1) is 13.0. The van der Waals surface area contributed by atoms with Gasteiger partial charge in [0.15, 0.2) is 0 Å². The summed E-state index contributed by atoms with van der Waals surface area (Å²) in [6.07, 6.45) is 0.0283. The molecule has 2 amide bonds. The maximum absolute atomic E-state index is 12.4. The van der Waals surface area contributed by atoms with E-state index < -0.39 is 10.9 Å². The van der Waals surface area contributed by atoms with Crippen LogP contribution in [-0.4, -0.2) is 17.1 Å². The summed E-state index contributed by atoms with van der Waals surface area (Å²) >= 11 is 7.27. The van der Waals surface area contributed by atoms with Crippen molar-refractivity contribution in [1.82, 2.24) is 0 Å². The van der Waals surface area contributed by atoms with Crippen LogP contribution >= 0.6 is 23.4 Å². The lowest BCUT2D eigenvalue weighted by Gasteiger charge is -2.23. The lowest BCUT2D eigenvalue weighted by molar-refractivity contribution is -0.120. The highest BCUT2D eigenvalue weighted by Crippen LogP contribution is 2.38. The normalized spacial score (nSPS) is 15.9. The van der Waals surface area contributed by atoms with Crippen LogP contribution in [0.2, 0.25) is 5.02 Å². The third-order valence-corrected chi connectivity index (χ3v) is 5.55. The number of carbonyl (C=O) groups is 2. The Labute approximate surface area is 162 Å². The van der Waals surface area contributed by atoms with Crippen LogP contribution in [0.3, 0.4) is 0 Å². The second-order valence-corrected chi connectivity index (χ2v) is 7.68. The van der Waals surface area contributed by atoms with Crippen molar-refractivity contribution in [2.24, 2.45) is 0 Å². The van der Waals surface area contributed by atoms with E-state index in [0.717, 1.165) is 4.90 Å². The maximum Gasteiger partial charge on any atom is 0.336 e. The molecule has 2 aromatic carbocycles. The molecule has 3 aromatic rings. The van der Waals surface area contributed by atoms with Gasteiger partial charge in [0.2, 0.25) is 11.8 Å². The third-order valence-electron chi connectivity index (χ3n) is 4.03. The summed E-state index contributed by atoms with van der Waals surface area (Å²) < 4.78 is 5.06. The summed E-state index contributed by atoms with van der Waals surface area (Å²) in [5, 5.41) is 6.27. The molecular weight excluding hydrogens is 388 g/mol. The van der Waals surface area contributed by atoms with Gasteiger partial charge in [-0.25, -0.2) is 4.79 Å². The standard InChI is InChI=1S/C19H13ClN2O4S/c20-11-2-5-15-13(8-11)22-19(25)16(27-15)9-17(23)21-12-3-4-14-10(7-12)1-6-18(24)26-14/h1-8,16H,9H2,(H,21,23)(H,22,25). The number of nitrogens with one attached hydrogen (secondary N) is 2. The highest BCUT2D eigenvalue weighted by atomic mass is 35.5. The van der Waals surface area contributed by atoms with Gasteiger partial charge in [-0.2, -0.15) is 0 Å². The molecule has 0 radical (unpaired) electrons. The summed E-state index contributed by atoms with van der Waals surface area (Å²) in [7, 11) is 0. The van der Waals surface area contributed by atoms with Crippen LogP contribution in [0.25, 0.3) is 11.0 Å². The molecule has 1 unspecified atom stereocenters. The van der Waals surface area contributed by atoms with Crippen LogP contribution < -0.4 is 16.3 Å². The minimum atomic E-state index is -0.530. The molecule has 0 saturated carbocycles. The largest absolute Gasteiger partial charge is 0.423 e. The molecule has 0 fully saturated rings. The van der Waals surface area contributed by atoms with Gasteiger partial charge in [0.1, 0.15) is 5.58 Å². The van der Waals surface area contributed by atoms with Gasteiger partial charge in [-0.15, -0.1) is 11.8 Å². The number of fused-ring (bicyclic) bond motifs is 2. The van der Waals surface area contributed by atoms with Gasteiger partial charge in [-0.3, -0.25) is 9.59 Å². The first-order valence-corrected chi connectivity index (χ1v) is 9.34. The molecule has 8 heteroatoms. The van der Waals surface area contributed by atoms with Gasteiger partial charge in [0.25, 0.3) is 0 Å². The number of benzene rings is 2. The number of amides is 2. The number of carbonyl (C=O) groups excluding carboxylic acids is 2. The Balaban J connectivity index is 1.46. The zero-order valence-corrected chi connectivity index (χ0v) is 15.4. The molecule has 6 nitrogen and oxygen atoms in total. The molecule has 2 N–H and O–H groups in total. The Morgan fingerprint density at radius 1 is 1.15 bits per heavy atom. The van der Waals surface area contributed by atoms with Crippen molar-refractivity contribution in [2.75, 3.05) is 10.6 Å². The summed E-state index contributed by atoms with van der Waals surface area (Å²) in [5.41, 5.74) is 1.24. The molecule has 1 aromatic heterocycles. The fraction of sp³-hybridized carbons (Fsp3) is 0.105. The average Bonchev–Trinajstić information content (AvgIpc) is 2.62. The monoisotopic (exact) mass is 400 g/mol. The van der Waals surface area contributed by atoms with E-state index in [4.69, 9.17) is 16.0 Å². The molecule has 1 aliphatic heterocycles. The van der Waals surface area contributed by atoms with Gasteiger partial charge in [0.05, 0.1) is 10.9 Å². The lowest BCUT2D eigenvalue weighted by Crippen LogP contribution is -2.32. The second-order valence-electron chi connectivity index (χ2n) is 6.00. The van der Waals surface area contributed by atoms with E-state index >= 15 is 0 Å². The zero-order valence-electron chi connectivity index (χ0n) is 13.8. The Morgan fingerprint density at radius 2 is 2.00 bits per heavy atom. The first-order valence-electron chi connectivity index (χ1n) is 8.09. The Morgan fingerprint density at radius 3 is 2.85 bits per heavy atom. The molecule has 1 aliphatic rings. The highest BCUT2D eigenvalue weighted by molar-refractivity contribution is 8.01. The predicted octanol–water partition coefficient (Wildman–Crippen LogP) is 3.89. The Kier molecular flexibility index (Phi) is 4.63. The molecule has 2 heterocycles. The van der Waals surface area contributed by atoms with Crippen LogP contribution in [0.4, 0.5) is 11.4 Å². The minimum absolute atomic E-state index is 0.0283. The average molecular weight is 401 g/mol. The molecule has 0 aliphatic carbocycles. The van der Waals surface area contributed by atoms with Crippen LogP contribution in [0.1, 0.15) is 6.42 Å². The quantitative estimate of drug-likeness (QED) is 0.651. The summed E-state index contributed by atoms with van der Waals surface area (Å²) in [5.74, 6) is -0.512. The highest BCUT2D eigenvalue weighted by Gasteiger charge is 2.29. The molecule has 136 valence electrons. The zero-order chi connectivity index (χ0) is 19.0. The number of rotatable bonds is 3. The van der Waals surface area contributed by atoms with Gasteiger partial charge in [-0.1, -0.05) is 11.6 Å². The van der Waals surface area contributed by atoms with Gasteiger partial charge in [0, 0.05) is 33.5 Å². The van der Waals surface area contributed by atoms with Gasteiger partial charge in [-0.05, 0) is 42.5 Å². The van der Waals surface area contributed by atoms with Crippen molar-refractivity contribution in [1.29, 1.82) is 0 Å². The predicted molar refractivity (Wildman–Crippen MR) is 105 cm³/mol. The molecular formula is C19H13ClN2O4S. The molecule has 27 heavy (non-hydrogen) atoms. The van der Waals surface area contributed by atoms with E-state index in [1.54, 1.807) is 36.4 Å². The summed E-state index contributed by atoms with van der Waals surface area (Å²) in [4.78, 5) is 36.7. The van der Waals surface area contributed by atoms with E-state index in [9.17, 15) is 14.4 Å². The molecule has 0 saturated heterocycles. The van der Waals surface area contributed by atoms with E-state index in [2.05, 4.69) is 10.6 Å². The van der Waals surface area contributed by atoms with Crippen molar-refractivity contribution in [3.63, 3.8) is 0 Å². The van der Waals surface area contributed by atoms with Crippen molar-refractivity contribution in [3.05, 3.63) is 64.0 Å². The first kappa shape index (κ1) is 17.6. The van der Waals surface area contributed by atoms with Gasteiger partial charge >= 0.3 is 5.63 Å². The molecule has 0 spiro atoms. The van der Waals surface area contributed by atoms with E-state index in [1.165, 1.54) is 17.8 Å². The second kappa shape index (κ2) is 7.09. The third kappa shape index (κ3) is 3.84. The number of hydrogen-bond donors (Lipinski definition) is 2. The SMILES string of the molecule is O=C(CC1Sc2ccc(Cl)cc2NC1=O)Nc1ccc2oc(=O)ccc2c1. The van der Waals surface area contributed by atoms with Crippen LogP contribution in [0.15, 0.2) is 62.6 Å². The Bertz CT molecular complexity index is 1130. The number of hydrogen-bond acceptors (Lipinski definition) is 5. The van der Waals surface area contributed by atoms with Crippen molar-refractivity contribution in [2.45, 2.75) is 16.6 Å². The van der Waals surface area contributed by atoms with Crippen LogP contribution in [0.5, 0.6) is 0 Å². The molecule has 4 rings (SSSR count). The van der Waals surface area contributed by atoms with Crippen LogP contribution in [-0.2, 0) is 9.59 Å². The topological polar surface area (TPSA) is 88.4 Å². The van der Waals surface area contributed by atoms with E-state index in [1.807, 2.05) is 6.07 Å². The molecule has 1 atom stereocenters. The number of thioether (sulfide) groups is 1. The van der Waals surface area contributed by atoms with Crippen LogP contribution in [0, 0.1) is 0 Å². The fourth-order valence-electron chi connectivity index (χ4n) is 2.79. The van der Waals surface area contributed by atoms with E-state index in [0.29, 0.717) is 27.4 Å². The van der Waals surface area contributed by atoms with Crippen molar-refractivity contribution < 1.29 is 14.0 Å². The summed E-state index contributed by atoms with van der Waals surface area (Å²) in [6, 6.07) is 13.2. The van der Waals surface area contributed by atoms with Crippen molar-refractivity contribution in [3.8, 4) is 0 Å². The Hall–Kier alpha value is -2.77. The number of anilines is 2. The number of halogens is 1. The smallest absolute Gasteiger partial charge is 0.336 e. The van der Waals surface area contributed by atoms with Gasteiger partial charge < -0.3 is 15.1 Å². The van der Waals surface area contributed by atoms with E-state index in [-0.39, 0.29) is 18.2 Å². The lowest BCUT2D eigenvalue weighted by atomic mass is 10.2. The summed E-state index contributed by atoms with van der Waals surface area (Å²) in [6.45, 7) is 0. The van der Waals surface area contributed by atoms with Crippen molar-refractivity contribution >= 4 is 57.5 Å². The maximum atomic E-state index is 12.4.